The summed E-state index contributed by atoms with van der Waals surface area (Å²) in [5.41, 5.74) is 0.121. The third-order valence-corrected chi connectivity index (χ3v) is 2.85. The fourth-order valence-electron chi connectivity index (χ4n) is 1.68. The van der Waals surface area contributed by atoms with E-state index in [2.05, 4.69) is 5.32 Å². The summed E-state index contributed by atoms with van der Waals surface area (Å²) in [6, 6.07) is 2.02. The lowest BCUT2D eigenvalue weighted by molar-refractivity contribution is -0.170. The fourth-order valence-corrected chi connectivity index (χ4v) is 1.68. The molecule has 0 unspecified atom stereocenters. The zero-order valence-corrected chi connectivity index (χ0v) is 12.2. The maximum atomic E-state index is 12.7. The van der Waals surface area contributed by atoms with Crippen molar-refractivity contribution in [3.63, 3.8) is 0 Å². The SMILES string of the molecule is O=C(O)C[C@H](NC(=O)CCNC(=O)c1ccc(F)cc1)C(F)(F)F. The molecule has 2 amide bonds. The van der Waals surface area contributed by atoms with Crippen LogP contribution in [0.3, 0.4) is 0 Å². The summed E-state index contributed by atoms with van der Waals surface area (Å²) in [7, 11) is 0. The molecule has 0 aliphatic heterocycles. The predicted molar refractivity (Wildman–Crippen MR) is 73.6 cm³/mol. The van der Waals surface area contributed by atoms with Gasteiger partial charge in [0.15, 0.2) is 0 Å². The van der Waals surface area contributed by atoms with E-state index in [4.69, 9.17) is 5.11 Å². The van der Waals surface area contributed by atoms with Crippen molar-refractivity contribution in [1.82, 2.24) is 10.6 Å². The van der Waals surface area contributed by atoms with Gasteiger partial charge in [-0.2, -0.15) is 13.2 Å². The number of benzene rings is 1. The lowest BCUT2D eigenvalue weighted by atomic mass is 10.2. The molecule has 0 spiro atoms. The van der Waals surface area contributed by atoms with Crippen LogP contribution >= 0.6 is 0 Å². The Morgan fingerprint density at radius 3 is 2.21 bits per heavy atom. The second-order valence-corrected chi connectivity index (χ2v) is 4.77. The monoisotopic (exact) mass is 350 g/mol. The molecule has 0 saturated heterocycles. The van der Waals surface area contributed by atoms with Crippen LogP contribution in [0.2, 0.25) is 0 Å². The Hall–Kier alpha value is -2.65. The quantitative estimate of drug-likeness (QED) is 0.649. The molecular weight excluding hydrogens is 336 g/mol. The lowest BCUT2D eigenvalue weighted by Crippen LogP contribution is -2.47. The van der Waals surface area contributed by atoms with Crippen LogP contribution in [0.25, 0.3) is 0 Å². The first kappa shape index (κ1) is 19.4. The first-order valence-corrected chi connectivity index (χ1v) is 6.71. The summed E-state index contributed by atoms with van der Waals surface area (Å²) in [5.74, 6) is -3.93. The first-order chi connectivity index (χ1) is 11.1. The third kappa shape index (κ3) is 6.63. The van der Waals surface area contributed by atoms with Gasteiger partial charge >= 0.3 is 12.1 Å². The summed E-state index contributed by atoms with van der Waals surface area (Å²) in [6.07, 6.45) is -6.66. The number of alkyl halides is 3. The molecule has 3 N–H and O–H groups in total. The second-order valence-electron chi connectivity index (χ2n) is 4.77. The van der Waals surface area contributed by atoms with Gasteiger partial charge in [-0.15, -0.1) is 0 Å². The molecule has 24 heavy (non-hydrogen) atoms. The van der Waals surface area contributed by atoms with E-state index in [1.807, 2.05) is 0 Å². The van der Waals surface area contributed by atoms with E-state index < -0.39 is 48.7 Å². The zero-order valence-electron chi connectivity index (χ0n) is 12.2. The van der Waals surface area contributed by atoms with Crippen molar-refractivity contribution in [3.8, 4) is 0 Å². The van der Waals surface area contributed by atoms with E-state index in [9.17, 15) is 31.9 Å². The number of hydrogen-bond acceptors (Lipinski definition) is 3. The van der Waals surface area contributed by atoms with Crippen molar-refractivity contribution < 1.29 is 37.1 Å². The van der Waals surface area contributed by atoms with E-state index in [1.54, 1.807) is 5.32 Å². The van der Waals surface area contributed by atoms with Gasteiger partial charge in [0.2, 0.25) is 5.91 Å². The standard InChI is InChI=1S/C14H14F4N2O4/c15-9-3-1-8(2-4-9)13(24)19-6-5-11(21)20-10(7-12(22)23)14(16,17)18/h1-4,10H,5-7H2,(H,19,24)(H,20,21)(H,22,23)/t10-/m0/s1. The van der Waals surface area contributed by atoms with E-state index in [1.165, 1.54) is 12.1 Å². The smallest absolute Gasteiger partial charge is 0.409 e. The maximum Gasteiger partial charge on any atom is 0.409 e. The van der Waals surface area contributed by atoms with Crippen LogP contribution in [0.5, 0.6) is 0 Å². The number of carbonyl (C=O) groups excluding carboxylic acids is 2. The Morgan fingerprint density at radius 2 is 1.71 bits per heavy atom. The maximum absolute atomic E-state index is 12.7. The van der Waals surface area contributed by atoms with E-state index in [-0.39, 0.29) is 12.1 Å². The van der Waals surface area contributed by atoms with Gasteiger partial charge in [-0.1, -0.05) is 0 Å². The lowest BCUT2D eigenvalue weighted by Gasteiger charge is -2.20. The molecular formula is C14H14F4N2O4. The van der Waals surface area contributed by atoms with Crippen molar-refractivity contribution in [1.29, 1.82) is 0 Å². The number of hydrogen-bond donors (Lipinski definition) is 3. The van der Waals surface area contributed by atoms with Gasteiger partial charge in [0.25, 0.3) is 5.91 Å². The van der Waals surface area contributed by atoms with Crippen molar-refractivity contribution in [3.05, 3.63) is 35.6 Å². The van der Waals surface area contributed by atoms with E-state index in [0.29, 0.717) is 0 Å². The molecule has 0 radical (unpaired) electrons. The summed E-state index contributed by atoms with van der Waals surface area (Å²) < 4.78 is 50.4. The first-order valence-electron chi connectivity index (χ1n) is 6.71. The highest BCUT2D eigenvalue weighted by atomic mass is 19.4. The van der Waals surface area contributed by atoms with Gasteiger partial charge in [0.05, 0.1) is 6.42 Å². The molecule has 1 atom stereocenters. The predicted octanol–water partition coefficient (Wildman–Crippen LogP) is 1.47. The number of aliphatic carboxylic acids is 1. The molecule has 10 heteroatoms. The highest BCUT2D eigenvalue weighted by Crippen LogP contribution is 2.22. The highest BCUT2D eigenvalue weighted by molar-refractivity contribution is 5.94. The highest BCUT2D eigenvalue weighted by Gasteiger charge is 2.41. The van der Waals surface area contributed by atoms with Crippen LogP contribution in [0.1, 0.15) is 23.2 Å². The molecule has 1 aromatic rings. The molecule has 132 valence electrons. The Balaban J connectivity index is 2.46. The largest absolute Gasteiger partial charge is 0.481 e. The van der Waals surface area contributed by atoms with Gasteiger partial charge in [0, 0.05) is 18.5 Å². The van der Waals surface area contributed by atoms with E-state index in [0.717, 1.165) is 12.1 Å². The molecule has 0 aliphatic rings. The van der Waals surface area contributed by atoms with Gasteiger partial charge in [-0.3, -0.25) is 14.4 Å². The van der Waals surface area contributed by atoms with Crippen LogP contribution in [-0.4, -0.2) is 41.7 Å². The number of halogens is 4. The average molecular weight is 350 g/mol. The minimum Gasteiger partial charge on any atom is -0.481 e. The van der Waals surface area contributed by atoms with Crippen molar-refractivity contribution in [2.24, 2.45) is 0 Å². The van der Waals surface area contributed by atoms with Gasteiger partial charge in [-0.05, 0) is 24.3 Å². The normalized spacial score (nSPS) is 12.3. The Bertz CT molecular complexity index is 602. The minimum absolute atomic E-state index is 0.121. The van der Waals surface area contributed by atoms with Crippen molar-refractivity contribution in [2.75, 3.05) is 6.54 Å². The molecule has 6 nitrogen and oxygen atoms in total. The van der Waals surface area contributed by atoms with Crippen LogP contribution in [0.4, 0.5) is 17.6 Å². The van der Waals surface area contributed by atoms with Crippen LogP contribution in [0, 0.1) is 5.82 Å². The second kappa shape index (κ2) is 8.27. The molecule has 0 aromatic heterocycles. The number of carbonyl (C=O) groups is 3. The number of amides is 2. The van der Waals surface area contributed by atoms with E-state index >= 15 is 0 Å². The van der Waals surface area contributed by atoms with Gasteiger partial charge in [0.1, 0.15) is 11.9 Å². The van der Waals surface area contributed by atoms with Crippen molar-refractivity contribution >= 4 is 17.8 Å². The van der Waals surface area contributed by atoms with Crippen LogP contribution in [-0.2, 0) is 9.59 Å². The molecule has 1 aromatic carbocycles. The minimum atomic E-state index is -4.90. The van der Waals surface area contributed by atoms with Crippen LogP contribution in [0.15, 0.2) is 24.3 Å². The molecule has 0 saturated carbocycles. The van der Waals surface area contributed by atoms with Crippen LogP contribution < -0.4 is 10.6 Å². The summed E-state index contributed by atoms with van der Waals surface area (Å²) >= 11 is 0. The average Bonchev–Trinajstić information content (AvgIpc) is 2.45. The third-order valence-electron chi connectivity index (χ3n) is 2.85. The molecule has 1 rings (SSSR count). The number of nitrogens with one attached hydrogen (secondary N) is 2. The zero-order chi connectivity index (χ0) is 18.3. The summed E-state index contributed by atoms with van der Waals surface area (Å²) in [6.45, 7) is -0.264. The topological polar surface area (TPSA) is 95.5 Å². The fraction of sp³-hybridized carbons (Fsp3) is 0.357. The number of carboxylic acid groups (broad SMARTS) is 1. The van der Waals surface area contributed by atoms with Gasteiger partial charge < -0.3 is 15.7 Å². The summed E-state index contributed by atoms with van der Waals surface area (Å²) in [5, 5.41) is 12.3. The number of rotatable bonds is 7. The Morgan fingerprint density at radius 1 is 1.12 bits per heavy atom. The molecule has 0 heterocycles. The molecule has 0 fully saturated rings. The van der Waals surface area contributed by atoms with Gasteiger partial charge in [-0.25, -0.2) is 4.39 Å². The summed E-state index contributed by atoms with van der Waals surface area (Å²) in [4.78, 5) is 33.5. The molecule has 0 bridgehead atoms. The number of carboxylic acids is 1. The Labute approximate surface area is 133 Å². The van der Waals surface area contributed by atoms with Crippen molar-refractivity contribution in [2.45, 2.75) is 25.1 Å². The Kier molecular flexibility index (Phi) is 6.69. The molecule has 0 aliphatic carbocycles.